The molecule has 0 radical (unpaired) electrons. The van der Waals surface area contributed by atoms with Crippen LogP contribution in [0.5, 0.6) is 5.75 Å². The lowest BCUT2D eigenvalue weighted by Gasteiger charge is -2.33. The highest BCUT2D eigenvalue weighted by Crippen LogP contribution is 2.24. The smallest absolute Gasteiger partial charge is 0.263 e. The number of benzene rings is 2. The van der Waals surface area contributed by atoms with Gasteiger partial charge in [0, 0.05) is 24.2 Å². The number of hydrogen-bond acceptors (Lipinski definition) is 3. The van der Waals surface area contributed by atoms with E-state index in [1.54, 1.807) is 4.90 Å². The van der Waals surface area contributed by atoms with Crippen LogP contribution < -0.4 is 14.5 Å². The molecule has 0 aliphatic carbocycles. The van der Waals surface area contributed by atoms with Crippen molar-refractivity contribution in [3.05, 3.63) is 60.2 Å². The number of anilines is 1. The van der Waals surface area contributed by atoms with Crippen LogP contribution >= 0.6 is 0 Å². The maximum Gasteiger partial charge on any atom is 0.263 e. The van der Waals surface area contributed by atoms with Crippen LogP contribution in [-0.4, -0.2) is 55.5 Å². The van der Waals surface area contributed by atoms with Gasteiger partial charge in [0.05, 0.1) is 26.2 Å². The van der Waals surface area contributed by atoms with Crippen LogP contribution in [0.1, 0.15) is 25.3 Å². The van der Waals surface area contributed by atoms with Gasteiger partial charge in [-0.1, -0.05) is 30.3 Å². The average molecular weight is 409 g/mol. The molecule has 2 fully saturated rings. The molecule has 2 aliphatic heterocycles. The molecule has 2 aromatic rings. The Hall–Kier alpha value is -2.86. The van der Waals surface area contributed by atoms with Gasteiger partial charge in [0.25, 0.3) is 5.91 Å². The summed E-state index contributed by atoms with van der Waals surface area (Å²) in [4.78, 5) is 29.9. The van der Waals surface area contributed by atoms with E-state index in [9.17, 15) is 9.59 Å². The molecule has 30 heavy (non-hydrogen) atoms. The number of carbonyl (C=O) groups excluding carboxylic acids is 2. The highest BCUT2D eigenvalue weighted by molar-refractivity contribution is 5.95. The van der Waals surface area contributed by atoms with E-state index in [1.807, 2.05) is 42.2 Å². The van der Waals surface area contributed by atoms with E-state index in [4.69, 9.17) is 4.74 Å². The second kappa shape index (κ2) is 9.30. The molecular formula is C24H30N3O3+. The zero-order chi connectivity index (χ0) is 20.9. The van der Waals surface area contributed by atoms with E-state index in [0.29, 0.717) is 12.2 Å². The highest BCUT2D eigenvalue weighted by Gasteiger charge is 2.28. The van der Waals surface area contributed by atoms with Gasteiger partial charge < -0.3 is 19.4 Å². The monoisotopic (exact) mass is 408 g/mol. The van der Waals surface area contributed by atoms with Gasteiger partial charge in [-0.25, -0.2) is 0 Å². The highest BCUT2D eigenvalue weighted by atomic mass is 16.5. The molecule has 1 N–H and O–H groups in total. The second-order valence-electron chi connectivity index (χ2n) is 8.14. The van der Waals surface area contributed by atoms with Gasteiger partial charge in [-0.05, 0) is 37.6 Å². The van der Waals surface area contributed by atoms with Gasteiger partial charge >= 0.3 is 0 Å². The van der Waals surface area contributed by atoms with Gasteiger partial charge in [-0.15, -0.1) is 0 Å². The van der Waals surface area contributed by atoms with E-state index in [0.717, 1.165) is 51.4 Å². The van der Waals surface area contributed by atoms with Crippen molar-refractivity contribution in [1.82, 2.24) is 4.90 Å². The van der Waals surface area contributed by atoms with Gasteiger partial charge in [0.2, 0.25) is 5.91 Å². The van der Waals surface area contributed by atoms with Gasteiger partial charge in [-0.2, -0.15) is 0 Å². The van der Waals surface area contributed by atoms with Crippen LogP contribution in [0.25, 0.3) is 0 Å². The summed E-state index contributed by atoms with van der Waals surface area (Å²) in [5.74, 6) is 0.855. The summed E-state index contributed by atoms with van der Waals surface area (Å²) in [6, 6.07) is 18.0. The van der Waals surface area contributed by atoms with Crippen molar-refractivity contribution < 1.29 is 19.2 Å². The molecule has 0 bridgehead atoms. The van der Waals surface area contributed by atoms with Crippen molar-refractivity contribution in [2.24, 2.45) is 0 Å². The van der Waals surface area contributed by atoms with Crippen molar-refractivity contribution in [3.63, 3.8) is 0 Å². The summed E-state index contributed by atoms with van der Waals surface area (Å²) in [6.45, 7) is 6.99. The molecule has 2 amide bonds. The molecule has 4 rings (SSSR count). The van der Waals surface area contributed by atoms with Crippen LogP contribution in [0.15, 0.2) is 54.6 Å². The molecule has 6 nitrogen and oxygen atoms in total. The fourth-order valence-electron chi connectivity index (χ4n) is 4.24. The van der Waals surface area contributed by atoms with Crippen LogP contribution in [0, 0.1) is 0 Å². The normalized spacial score (nSPS) is 18.5. The summed E-state index contributed by atoms with van der Waals surface area (Å²) in [6.07, 6.45) is 0.993. The number of amides is 2. The maximum absolute atomic E-state index is 12.8. The summed E-state index contributed by atoms with van der Waals surface area (Å²) < 4.78 is 5.89. The molecule has 0 saturated carbocycles. The molecule has 2 saturated heterocycles. The van der Waals surface area contributed by atoms with E-state index in [2.05, 4.69) is 24.3 Å². The van der Waals surface area contributed by atoms with Gasteiger partial charge in [0.15, 0.2) is 6.10 Å². The summed E-state index contributed by atoms with van der Waals surface area (Å²) in [5.41, 5.74) is 2.23. The van der Waals surface area contributed by atoms with Crippen LogP contribution in [0.3, 0.4) is 0 Å². The molecule has 6 heteroatoms. The first kappa shape index (κ1) is 20.4. The zero-order valence-electron chi connectivity index (χ0n) is 17.5. The van der Waals surface area contributed by atoms with Crippen LogP contribution in [-0.2, 0) is 16.1 Å². The molecular weight excluding hydrogens is 378 g/mol. The third-order valence-electron chi connectivity index (χ3n) is 5.96. The fraction of sp³-hybridized carbons (Fsp3) is 0.417. The first-order chi connectivity index (χ1) is 14.6. The molecule has 0 unspecified atom stereocenters. The number of rotatable bonds is 6. The largest absolute Gasteiger partial charge is 0.481 e. The Balaban J connectivity index is 1.26. The summed E-state index contributed by atoms with van der Waals surface area (Å²) >= 11 is 0. The summed E-state index contributed by atoms with van der Waals surface area (Å²) in [7, 11) is 0. The van der Waals surface area contributed by atoms with E-state index in [1.165, 1.54) is 10.5 Å². The number of nitrogens with one attached hydrogen (secondary N) is 1. The molecule has 2 aromatic carbocycles. The SMILES string of the molecule is C[C@@H](Oc1ccc(N2CCCC2=O)cc1)C(=O)N1CC[NH+](Cc2ccccc2)CC1. The van der Waals surface area contributed by atoms with E-state index in [-0.39, 0.29) is 11.8 Å². The Morgan fingerprint density at radius 2 is 1.73 bits per heavy atom. The van der Waals surface area contributed by atoms with E-state index >= 15 is 0 Å². The number of quaternary nitrogens is 1. The summed E-state index contributed by atoms with van der Waals surface area (Å²) in [5, 5.41) is 0. The Morgan fingerprint density at radius 1 is 1.03 bits per heavy atom. The second-order valence-corrected chi connectivity index (χ2v) is 8.14. The first-order valence-corrected chi connectivity index (χ1v) is 10.8. The minimum atomic E-state index is -0.528. The van der Waals surface area contributed by atoms with Crippen LogP contribution in [0.4, 0.5) is 5.69 Å². The molecule has 158 valence electrons. The lowest BCUT2D eigenvalue weighted by Crippen LogP contribution is -3.13. The molecule has 2 aliphatic rings. The number of hydrogen-bond donors (Lipinski definition) is 1. The van der Waals surface area contributed by atoms with Gasteiger partial charge in [0.1, 0.15) is 12.3 Å². The minimum Gasteiger partial charge on any atom is -0.481 e. The third kappa shape index (κ3) is 4.82. The van der Waals surface area contributed by atoms with Crippen molar-refractivity contribution >= 4 is 17.5 Å². The number of ether oxygens (including phenoxy) is 1. The predicted molar refractivity (Wildman–Crippen MR) is 116 cm³/mol. The van der Waals surface area contributed by atoms with Gasteiger partial charge in [-0.3, -0.25) is 9.59 Å². The molecule has 0 aromatic heterocycles. The lowest BCUT2D eigenvalue weighted by atomic mass is 10.2. The zero-order valence-corrected chi connectivity index (χ0v) is 17.5. The Bertz CT molecular complexity index is 861. The number of carbonyl (C=O) groups is 2. The van der Waals surface area contributed by atoms with Crippen molar-refractivity contribution in [2.75, 3.05) is 37.6 Å². The molecule has 1 atom stereocenters. The standard InChI is InChI=1S/C24H29N3O3/c1-19(30-22-11-9-21(10-12-22)27-13-5-8-23(27)28)24(29)26-16-14-25(15-17-26)18-20-6-3-2-4-7-20/h2-4,6-7,9-12,19H,5,8,13-18H2,1H3/p+1/t19-/m1/s1. The Kier molecular flexibility index (Phi) is 6.33. The number of nitrogens with zero attached hydrogens (tertiary/aromatic N) is 2. The quantitative estimate of drug-likeness (QED) is 0.788. The maximum atomic E-state index is 12.8. The number of piperazine rings is 1. The van der Waals surface area contributed by atoms with Crippen molar-refractivity contribution in [2.45, 2.75) is 32.4 Å². The minimum absolute atomic E-state index is 0.0348. The average Bonchev–Trinajstić information content (AvgIpc) is 3.21. The predicted octanol–water partition coefficient (Wildman–Crippen LogP) is 1.51. The van der Waals surface area contributed by atoms with E-state index < -0.39 is 6.10 Å². The fourth-order valence-corrected chi connectivity index (χ4v) is 4.24. The van der Waals surface area contributed by atoms with Crippen molar-refractivity contribution in [1.29, 1.82) is 0 Å². The first-order valence-electron chi connectivity index (χ1n) is 10.8. The molecule has 2 heterocycles. The van der Waals surface area contributed by atoms with Crippen LogP contribution in [0.2, 0.25) is 0 Å². The third-order valence-corrected chi connectivity index (χ3v) is 5.96. The lowest BCUT2D eigenvalue weighted by molar-refractivity contribution is -0.917. The topological polar surface area (TPSA) is 54.3 Å². The molecule has 0 spiro atoms. The van der Waals surface area contributed by atoms with Crippen molar-refractivity contribution in [3.8, 4) is 5.75 Å². The Labute approximate surface area is 178 Å². The Morgan fingerprint density at radius 3 is 2.37 bits per heavy atom.